The number of ether oxygens (including phenoxy) is 1. The van der Waals surface area contributed by atoms with E-state index in [1.165, 1.54) is 23.7 Å². The lowest BCUT2D eigenvalue weighted by Crippen LogP contribution is -2.26. The molecule has 0 spiro atoms. The highest BCUT2D eigenvalue weighted by Crippen LogP contribution is 2.28. The van der Waals surface area contributed by atoms with Gasteiger partial charge in [0.25, 0.3) is 0 Å². The second-order valence-electron chi connectivity index (χ2n) is 4.82. The molecule has 1 aliphatic rings. The van der Waals surface area contributed by atoms with Crippen LogP contribution >= 0.6 is 0 Å². The van der Waals surface area contributed by atoms with E-state index in [0.29, 0.717) is 19.6 Å². The highest BCUT2D eigenvalue weighted by Gasteiger charge is 2.21. The van der Waals surface area contributed by atoms with E-state index in [1.807, 2.05) is 0 Å². The fraction of sp³-hybridized carbons (Fsp3) is 0.727. The second kappa shape index (κ2) is 5.89. The zero-order chi connectivity index (χ0) is 13.9. The van der Waals surface area contributed by atoms with Crippen LogP contribution < -0.4 is 10.5 Å². The third-order valence-electron chi connectivity index (χ3n) is 2.92. The fourth-order valence-corrected chi connectivity index (χ4v) is 2.86. The van der Waals surface area contributed by atoms with Gasteiger partial charge in [0.1, 0.15) is 4.90 Å². The van der Waals surface area contributed by atoms with Crippen LogP contribution in [0.2, 0.25) is 0 Å². The highest BCUT2D eigenvalue weighted by molar-refractivity contribution is 7.89. The molecule has 7 nitrogen and oxygen atoms in total. The van der Waals surface area contributed by atoms with Crippen molar-refractivity contribution in [3.8, 4) is 0 Å². The third kappa shape index (κ3) is 4.19. The molecule has 0 saturated heterocycles. The molecule has 1 aliphatic carbocycles. The van der Waals surface area contributed by atoms with E-state index in [2.05, 4.69) is 9.82 Å². The summed E-state index contributed by atoms with van der Waals surface area (Å²) in [4.78, 5) is 0.0221. The smallest absolute Gasteiger partial charge is 0.245 e. The van der Waals surface area contributed by atoms with Crippen molar-refractivity contribution in [2.24, 2.45) is 13.0 Å². The first-order chi connectivity index (χ1) is 8.99. The molecule has 1 saturated carbocycles. The van der Waals surface area contributed by atoms with Gasteiger partial charge in [0.15, 0.2) is 5.82 Å². The maximum absolute atomic E-state index is 11.9. The Bertz CT molecular complexity index is 522. The van der Waals surface area contributed by atoms with E-state index in [1.54, 1.807) is 7.05 Å². The molecule has 0 bridgehead atoms. The van der Waals surface area contributed by atoms with Crippen molar-refractivity contribution < 1.29 is 13.2 Å². The van der Waals surface area contributed by atoms with Crippen LogP contribution in [0.1, 0.15) is 19.3 Å². The van der Waals surface area contributed by atoms with Crippen LogP contribution in [-0.4, -0.2) is 38.0 Å². The van der Waals surface area contributed by atoms with E-state index in [4.69, 9.17) is 10.5 Å². The minimum atomic E-state index is -3.58. The van der Waals surface area contributed by atoms with Crippen molar-refractivity contribution in [2.45, 2.75) is 24.2 Å². The summed E-state index contributed by atoms with van der Waals surface area (Å²) >= 11 is 0. The van der Waals surface area contributed by atoms with E-state index in [0.717, 1.165) is 12.5 Å². The zero-order valence-corrected chi connectivity index (χ0v) is 11.8. The normalized spacial score (nSPS) is 15.8. The molecular weight excluding hydrogens is 268 g/mol. The lowest BCUT2D eigenvalue weighted by atomic mass is 10.4. The SMILES string of the molecule is Cn1cc(S(=O)(=O)NCCCOCC2CC2)c(N)n1. The number of anilines is 1. The monoisotopic (exact) mass is 288 g/mol. The topological polar surface area (TPSA) is 99.2 Å². The van der Waals surface area contributed by atoms with Crippen molar-refractivity contribution in [1.29, 1.82) is 0 Å². The number of nitrogens with one attached hydrogen (secondary N) is 1. The lowest BCUT2D eigenvalue weighted by Gasteiger charge is -2.06. The fourth-order valence-electron chi connectivity index (χ4n) is 1.68. The summed E-state index contributed by atoms with van der Waals surface area (Å²) in [7, 11) is -1.95. The molecule has 2 rings (SSSR count). The van der Waals surface area contributed by atoms with E-state index in [9.17, 15) is 8.42 Å². The van der Waals surface area contributed by atoms with Crippen molar-refractivity contribution in [3.05, 3.63) is 6.20 Å². The molecule has 0 aliphatic heterocycles. The molecule has 1 heterocycles. The number of aromatic nitrogens is 2. The lowest BCUT2D eigenvalue weighted by molar-refractivity contribution is 0.123. The zero-order valence-electron chi connectivity index (χ0n) is 11.0. The van der Waals surface area contributed by atoms with Crippen molar-refractivity contribution in [3.63, 3.8) is 0 Å². The first-order valence-corrected chi connectivity index (χ1v) is 7.84. The summed E-state index contributed by atoms with van der Waals surface area (Å²) in [6, 6.07) is 0. The number of aryl methyl sites for hydroxylation is 1. The summed E-state index contributed by atoms with van der Waals surface area (Å²) in [5.41, 5.74) is 5.54. The molecule has 1 aromatic rings. The van der Waals surface area contributed by atoms with Gasteiger partial charge in [-0.15, -0.1) is 0 Å². The number of hydrogen-bond acceptors (Lipinski definition) is 5. The quantitative estimate of drug-likeness (QED) is 0.661. The van der Waals surface area contributed by atoms with Crippen LogP contribution in [-0.2, 0) is 21.8 Å². The Balaban J connectivity index is 1.72. The Morgan fingerprint density at radius 2 is 2.32 bits per heavy atom. The van der Waals surface area contributed by atoms with Gasteiger partial charge in [-0.2, -0.15) is 5.10 Å². The van der Waals surface area contributed by atoms with Gasteiger partial charge in [-0.3, -0.25) is 4.68 Å². The molecule has 108 valence electrons. The van der Waals surface area contributed by atoms with Crippen LogP contribution in [0, 0.1) is 5.92 Å². The van der Waals surface area contributed by atoms with Gasteiger partial charge in [-0.25, -0.2) is 13.1 Å². The molecule has 1 aromatic heterocycles. The highest BCUT2D eigenvalue weighted by atomic mass is 32.2. The number of nitrogens with two attached hydrogens (primary N) is 1. The van der Waals surface area contributed by atoms with Crippen LogP contribution in [0.3, 0.4) is 0 Å². The van der Waals surface area contributed by atoms with Crippen molar-refractivity contribution >= 4 is 15.8 Å². The van der Waals surface area contributed by atoms with E-state index < -0.39 is 10.0 Å². The Hall–Kier alpha value is -1.12. The summed E-state index contributed by atoms with van der Waals surface area (Å²) in [6.45, 7) is 1.70. The van der Waals surface area contributed by atoms with E-state index >= 15 is 0 Å². The molecule has 0 radical (unpaired) electrons. The van der Waals surface area contributed by atoms with Crippen molar-refractivity contribution in [1.82, 2.24) is 14.5 Å². The first-order valence-electron chi connectivity index (χ1n) is 6.35. The number of nitrogen functional groups attached to an aromatic ring is 1. The minimum Gasteiger partial charge on any atom is -0.381 e. The summed E-state index contributed by atoms with van der Waals surface area (Å²) in [6.07, 6.45) is 4.55. The van der Waals surface area contributed by atoms with Crippen LogP contribution in [0.4, 0.5) is 5.82 Å². The molecule has 19 heavy (non-hydrogen) atoms. The maximum atomic E-state index is 11.9. The van der Waals surface area contributed by atoms with Gasteiger partial charge in [-0.05, 0) is 25.2 Å². The van der Waals surface area contributed by atoms with Gasteiger partial charge < -0.3 is 10.5 Å². The van der Waals surface area contributed by atoms with Crippen LogP contribution in [0.25, 0.3) is 0 Å². The summed E-state index contributed by atoms with van der Waals surface area (Å²) in [5, 5.41) is 3.81. The van der Waals surface area contributed by atoms with Gasteiger partial charge in [0.2, 0.25) is 10.0 Å². The molecule has 0 atom stereocenters. The van der Waals surface area contributed by atoms with Gasteiger partial charge in [-0.1, -0.05) is 0 Å². The van der Waals surface area contributed by atoms with Gasteiger partial charge in [0.05, 0.1) is 0 Å². The number of hydrogen-bond donors (Lipinski definition) is 2. The first kappa shape index (κ1) is 14.3. The third-order valence-corrected chi connectivity index (χ3v) is 4.40. The molecular formula is C11H20N4O3S. The molecule has 0 unspecified atom stereocenters. The van der Waals surface area contributed by atoms with Crippen LogP contribution in [0.5, 0.6) is 0 Å². The van der Waals surface area contributed by atoms with Crippen molar-refractivity contribution in [2.75, 3.05) is 25.5 Å². The average Bonchev–Trinajstić information content (AvgIpc) is 3.08. The Morgan fingerprint density at radius 3 is 2.89 bits per heavy atom. The maximum Gasteiger partial charge on any atom is 0.245 e. The molecule has 8 heteroatoms. The second-order valence-corrected chi connectivity index (χ2v) is 6.56. The van der Waals surface area contributed by atoms with Gasteiger partial charge in [0, 0.05) is 33.0 Å². The molecule has 1 fully saturated rings. The van der Waals surface area contributed by atoms with E-state index in [-0.39, 0.29) is 10.7 Å². The molecule has 3 N–H and O–H groups in total. The number of nitrogens with zero attached hydrogens (tertiary/aromatic N) is 2. The Labute approximate surface area is 113 Å². The summed E-state index contributed by atoms with van der Waals surface area (Å²) < 4.78 is 33.2. The Morgan fingerprint density at radius 1 is 1.58 bits per heavy atom. The number of sulfonamides is 1. The average molecular weight is 288 g/mol. The Kier molecular flexibility index (Phi) is 4.43. The molecule has 0 aromatic carbocycles. The number of rotatable bonds is 8. The summed E-state index contributed by atoms with van der Waals surface area (Å²) in [5.74, 6) is 0.742. The standard InChI is InChI=1S/C11H20N4O3S/c1-15-7-10(11(12)14-15)19(16,17)13-5-2-6-18-8-9-3-4-9/h7,9,13H,2-6,8H2,1H3,(H2,12,14). The largest absolute Gasteiger partial charge is 0.381 e. The van der Waals surface area contributed by atoms with Gasteiger partial charge >= 0.3 is 0 Å². The molecule has 0 amide bonds. The predicted octanol–water partition coefficient (Wildman–Crippen LogP) is 0.0973. The van der Waals surface area contributed by atoms with Crippen LogP contribution in [0.15, 0.2) is 11.1 Å². The minimum absolute atomic E-state index is 0.0139. The predicted molar refractivity (Wildman–Crippen MR) is 71.0 cm³/mol.